The first kappa shape index (κ1) is 12.9. The Kier molecular flexibility index (Phi) is 4.55. The number of carbonyl (C=O) groups excluding carboxylic acids is 1. The van der Waals surface area contributed by atoms with Gasteiger partial charge in [0.1, 0.15) is 0 Å². The van der Waals surface area contributed by atoms with E-state index in [0.29, 0.717) is 17.8 Å². The van der Waals surface area contributed by atoms with Crippen molar-refractivity contribution >= 4 is 17.3 Å². The Morgan fingerprint density at radius 2 is 2.28 bits per heavy atom. The molecule has 0 bridgehead atoms. The van der Waals surface area contributed by atoms with Gasteiger partial charge >= 0.3 is 0 Å². The van der Waals surface area contributed by atoms with Crippen LogP contribution in [0.25, 0.3) is 0 Å². The van der Waals surface area contributed by atoms with Gasteiger partial charge in [-0.2, -0.15) is 5.06 Å². The summed E-state index contributed by atoms with van der Waals surface area (Å²) in [6, 6.07) is 7.27. The lowest BCUT2D eigenvalue weighted by Crippen LogP contribution is -2.21. The molecule has 3 N–H and O–H groups in total. The average molecular weight is 249 g/mol. The Bertz CT molecular complexity index is 403. The van der Waals surface area contributed by atoms with Crippen LogP contribution >= 0.6 is 0 Å². The van der Waals surface area contributed by atoms with Crippen molar-refractivity contribution in [3.8, 4) is 0 Å². The van der Waals surface area contributed by atoms with Crippen molar-refractivity contribution in [2.45, 2.75) is 19.3 Å². The summed E-state index contributed by atoms with van der Waals surface area (Å²) in [6.07, 6.45) is 2.35. The molecule has 98 valence electrons. The fraction of sp³-hybridized carbons (Fsp3) is 0.462. The number of carbonyl (C=O) groups is 1. The standard InChI is InChI=1S/C13H19N3O2/c14-11-5-1-2-6-12(11)15-13(17)7-3-8-16-9-4-10-18-16/h1-2,5-6H,3-4,7-10,14H2,(H,15,17). The van der Waals surface area contributed by atoms with Crippen LogP contribution < -0.4 is 11.1 Å². The molecule has 1 fully saturated rings. The second-order valence-corrected chi connectivity index (χ2v) is 4.35. The molecule has 5 nitrogen and oxygen atoms in total. The number of anilines is 2. The van der Waals surface area contributed by atoms with Crippen LogP contribution in [0, 0.1) is 0 Å². The zero-order valence-electron chi connectivity index (χ0n) is 10.4. The molecule has 1 amide bonds. The maximum absolute atomic E-state index is 11.7. The summed E-state index contributed by atoms with van der Waals surface area (Å²) in [4.78, 5) is 17.1. The van der Waals surface area contributed by atoms with Gasteiger partial charge in [-0.05, 0) is 25.0 Å². The van der Waals surface area contributed by atoms with Crippen LogP contribution in [-0.4, -0.2) is 30.7 Å². The molecule has 1 heterocycles. The number of amides is 1. The van der Waals surface area contributed by atoms with Crippen LogP contribution in [0.3, 0.4) is 0 Å². The van der Waals surface area contributed by atoms with Gasteiger partial charge < -0.3 is 11.1 Å². The number of nitrogens with two attached hydrogens (primary N) is 1. The zero-order valence-corrected chi connectivity index (χ0v) is 10.4. The highest BCUT2D eigenvalue weighted by Gasteiger charge is 2.12. The summed E-state index contributed by atoms with van der Waals surface area (Å²) < 4.78 is 0. The first-order valence-corrected chi connectivity index (χ1v) is 6.28. The molecule has 0 atom stereocenters. The van der Waals surface area contributed by atoms with Crippen LogP contribution in [0.4, 0.5) is 11.4 Å². The van der Waals surface area contributed by atoms with Crippen LogP contribution in [0.5, 0.6) is 0 Å². The van der Waals surface area contributed by atoms with Gasteiger partial charge in [0.2, 0.25) is 5.91 Å². The van der Waals surface area contributed by atoms with Crippen LogP contribution in [0.15, 0.2) is 24.3 Å². The van der Waals surface area contributed by atoms with Crippen LogP contribution in [0.1, 0.15) is 19.3 Å². The molecule has 1 aliphatic rings. The molecule has 0 unspecified atom stereocenters. The molecule has 1 aromatic rings. The lowest BCUT2D eigenvalue weighted by atomic mass is 10.2. The molecule has 0 aliphatic carbocycles. The molecule has 1 aliphatic heterocycles. The van der Waals surface area contributed by atoms with Crippen molar-refractivity contribution in [3.05, 3.63) is 24.3 Å². The van der Waals surface area contributed by atoms with E-state index >= 15 is 0 Å². The van der Waals surface area contributed by atoms with Crippen molar-refractivity contribution in [2.24, 2.45) is 0 Å². The third-order valence-corrected chi connectivity index (χ3v) is 2.87. The number of benzene rings is 1. The Hall–Kier alpha value is -1.59. The van der Waals surface area contributed by atoms with Crippen molar-refractivity contribution < 1.29 is 9.63 Å². The van der Waals surface area contributed by atoms with E-state index in [9.17, 15) is 4.79 Å². The van der Waals surface area contributed by atoms with E-state index in [-0.39, 0.29) is 5.91 Å². The molecule has 0 radical (unpaired) electrons. The minimum atomic E-state index is -0.00732. The Morgan fingerprint density at radius 1 is 1.44 bits per heavy atom. The van der Waals surface area contributed by atoms with E-state index in [1.54, 1.807) is 12.1 Å². The first-order chi connectivity index (χ1) is 8.75. The topological polar surface area (TPSA) is 67.6 Å². The summed E-state index contributed by atoms with van der Waals surface area (Å²) in [5, 5.41) is 4.73. The fourth-order valence-electron chi connectivity index (χ4n) is 1.91. The third-order valence-electron chi connectivity index (χ3n) is 2.87. The van der Waals surface area contributed by atoms with Crippen molar-refractivity contribution in [3.63, 3.8) is 0 Å². The zero-order chi connectivity index (χ0) is 12.8. The van der Waals surface area contributed by atoms with Gasteiger partial charge in [0.15, 0.2) is 0 Å². The molecule has 0 aromatic heterocycles. The number of hydrogen-bond acceptors (Lipinski definition) is 4. The molecule has 5 heteroatoms. The normalized spacial score (nSPS) is 15.8. The molecule has 18 heavy (non-hydrogen) atoms. The van der Waals surface area contributed by atoms with Crippen LogP contribution in [0.2, 0.25) is 0 Å². The number of hydrogen-bond donors (Lipinski definition) is 2. The Balaban J connectivity index is 1.70. The molecule has 0 saturated carbocycles. The average Bonchev–Trinajstić information content (AvgIpc) is 2.85. The maximum atomic E-state index is 11.7. The quantitative estimate of drug-likeness (QED) is 0.778. The summed E-state index contributed by atoms with van der Waals surface area (Å²) >= 11 is 0. The van der Waals surface area contributed by atoms with Crippen LogP contribution in [-0.2, 0) is 9.63 Å². The van der Waals surface area contributed by atoms with E-state index in [0.717, 1.165) is 32.5 Å². The smallest absolute Gasteiger partial charge is 0.224 e. The van der Waals surface area contributed by atoms with Crippen molar-refractivity contribution in [1.29, 1.82) is 0 Å². The van der Waals surface area contributed by atoms with E-state index in [2.05, 4.69) is 5.32 Å². The molecule has 1 saturated heterocycles. The van der Waals surface area contributed by atoms with Gasteiger partial charge in [0.25, 0.3) is 0 Å². The van der Waals surface area contributed by atoms with Crippen molar-refractivity contribution in [2.75, 3.05) is 30.7 Å². The Labute approximate surface area is 107 Å². The van der Waals surface area contributed by atoms with E-state index in [1.807, 2.05) is 17.2 Å². The van der Waals surface area contributed by atoms with Gasteiger partial charge in [-0.3, -0.25) is 9.63 Å². The SMILES string of the molecule is Nc1ccccc1NC(=O)CCCN1CCCO1. The summed E-state index contributed by atoms with van der Waals surface area (Å²) in [7, 11) is 0. The van der Waals surface area contributed by atoms with E-state index in [4.69, 9.17) is 10.6 Å². The minimum absolute atomic E-state index is 0.00732. The number of rotatable bonds is 5. The first-order valence-electron chi connectivity index (χ1n) is 6.28. The molecule has 2 rings (SSSR count). The van der Waals surface area contributed by atoms with Gasteiger partial charge in [-0.15, -0.1) is 0 Å². The number of nitrogens with one attached hydrogen (secondary N) is 1. The van der Waals surface area contributed by atoms with Crippen molar-refractivity contribution in [1.82, 2.24) is 5.06 Å². The molecule has 1 aromatic carbocycles. The number of nitrogens with zero attached hydrogens (tertiary/aromatic N) is 1. The highest BCUT2D eigenvalue weighted by Crippen LogP contribution is 2.17. The predicted octanol–water partition coefficient (Wildman–Crippen LogP) is 1.62. The minimum Gasteiger partial charge on any atom is -0.397 e. The number of nitrogen functional groups attached to an aromatic ring is 1. The largest absolute Gasteiger partial charge is 0.397 e. The van der Waals surface area contributed by atoms with Gasteiger partial charge in [0, 0.05) is 19.5 Å². The van der Waals surface area contributed by atoms with Gasteiger partial charge in [0.05, 0.1) is 18.0 Å². The third kappa shape index (κ3) is 3.72. The molecule has 0 spiro atoms. The second-order valence-electron chi connectivity index (χ2n) is 4.35. The predicted molar refractivity (Wildman–Crippen MR) is 70.9 cm³/mol. The summed E-state index contributed by atoms with van der Waals surface area (Å²) in [5.41, 5.74) is 7.03. The van der Waals surface area contributed by atoms with E-state index < -0.39 is 0 Å². The second kappa shape index (κ2) is 6.37. The number of para-hydroxylation sites is 2. The summed E-state index contributed by atoms with van der Waals surface area (Å²) in [5.74, 6) is -0.00732. The number of hydroxylamine groups is 2. The van der Waals surface area contributed by atoms with Gasteiger partial charge in [-0.1, -0.05) is 12.1 Å². The van der Waals surface area contributed by atoms with Gasteiger partial charge in [-0.25, -0.2) is 0 Å². The highest BCUT2D eigenvalue weighted by molar-refractivity contribution is 5.93. The van der Waals surface area contributed by atoms with E-state index in [1.165, 1.54) is 0 Å². The molecular weight excluding hydrogens is 230 g/mol. The molecular formula is C13H19N3O2. The summed E-state index contributed by atoms with van der Waals surface area (Å²) in [6.45, 7) is 2.57. The lowest BCUT2D eigenvalue weighted by molar-refractivity contribution is -0.120. The maximum Gasteiger partial charge on any atom is 0.224 e. The Morgan fingerprint density at radius 3 is 3.00 bits per heavy atom. The highest BCUT2D eigenvalue weighted by atomic mass is 16.7. The fourth-order valence-corrected chi connectivity index (χ4v) is 1.91. The lowest BCUT2D eigenvalue weighted by Gasteiger charge is -2.13. The monoisotopic (exact) mass is 249 g/mol.